The lowest BCUT2D eigenvalue weighted by Gasteiger charge is -2.11. The van der Waals surface area contributed by atoms with Crippen molar-refractivity contribution in [1.82, 2.24) is 0 Å². The van der Waals surface area contributed by atoms with Gasteiger partial charge in [0.25, 0.3) is 0 Å². The molecule has 0 aliphatic rings. The van der Waals surface area contributed by atoms with Gasteiger partial charge in [-0.15, -0.1) is 0 Å². The minimum atomic E-state index is 0.503. The second kappa shape index (κ2) is 6.94. The van der Waals surface area contributed by atoms with Gasteiger partial charge in [0.2, 0.25) is 0 Å². The van der Waals surface area contributed by atoms with Crippen LogP contribution in [0.5, 0.6) is 5.75 Å². The quantitative estimate of drug-likeness (QED) is 0.904. The summed E-state index contributed by atoms with van der Waals surface area (Å²) in [5.74, 6) is 0.867. The van der Waals surface area contributed by atoms with E-state index in [-0.39, 0.29) is 0 Å². The highest BCUT2D eigenvalue weighted by Gasteiger charge is 2.04. The van der Waals surface area contributed by atoms with E-state index in [1.54, 1.807) is 0 Å². The summed E-state index contributed by atoms with van der Waals surface area (Å²) in [6, 6.07) is 5.92. The van der Waals surface area contributed by atoms with Crippen molar-refractivity contribution in [1.29, 1.82) is 0 Å². The molecule has 1 rings (SSSR count). The maximum Gasteiger partial charge on any atom is 0.123 e. The second-order valence-electron chi connectivity index (χ2n) is 3.53. The summed E-state index contributed by atoms with van der Waals surface area (Å²) < 4.78 is 6.70. The van der Waals surface area contributed by atoms with Crippen molar-refractivity contribution < 1.29 is 4.74 Å². The molecule has 0 amide bonds. The van der Waals surface area contributed by atoms with Gasteiger partial charge in [-0.2, -0.15) is 0 Å². The smallest absolute Gasteiger partial charge is 0.123 e. The maximum absolute atomic E-state index is 5.67. The van der Waals surface area contributed by atoms with E-state index in [2.05, 4.69) is 15.9 Å². The summed E-state index contributed by atoms with van der Waals surface area (Å²) in [6.07, 6.45) is 0.804. The average Bonchev–Trinajstić information content (AvgIpc) is 2.28. The normalized spacial score (nSPS) is 11.6. The van der Waals surface area contributed by atoms with Crippen molar-refractivity contribution in [3.05, 3.63) is 39.3 Å². The standard InChI is InChI=1S/C12H15BrClNO/c1-9(7-14)8-16-12-3-2-11(13)6-10(12)4-5-15/h2-3,6-7H,4-5,8,15H2,1H3/b9-7-. The van der Waals surface area contributed by atoms with Gasteiger partial charge in [0.15, 0.2) is 0 Å². The van der Waals surface area contributed by atoms with E-state index < -0.39 is 0 Å². The summed E-state index contributed by atoms with van der Waals surface area (Å²) in [4.78, 5) is 0. The van der Waals surface area contributed by atoms with Crippen LogP contribution in [-0.4, -0.2) is 13.2 Å². The molecule has 0 saturated heterocycles. The fourth-order valence-electron chi connectivity index (χ4n) is 1.26. The van der Waals surface area contributed by atoms with Gasteiger partial charge in [0.05, 0.1) is 0 Å². The van der Waals surface area contributed by atoms with Crippen molar-refractivity contribution in [2.45, 2.75) is 13.3 Å². The van der Waals surface area contributed by atoms with E-state index in [1.165, 1.54) is 5.54 Å². The Kier molecular flexibility index (Phi) is 5.88. The van der Waals surface area contributed by atoms with Crippen molar-refractivity contribution in [2.75, 3.05) is 13.2 Å². The minimum Gasteiger partial charge on any atom is -0.489 e. The van der Waals surface area contributed by atoms with E-state index in [9.17, 15) is 0 Å². The van der Waals surface area contributed by atoms with Crippen LogP contribution >= 0.6 is 27.5 Å². The molecule has 88 valence electrons. The number of nitrogens with two attached hydrogens (primary N) is 1. The fourth-order valence-corrected chi connectivity index (χ4v) is 1.73. The van der Waals surface area contributed by atoms with Crippen LogP contribution in [0.15, 0.2) is 33.8 Å². The molecule has 0 bridgehead atoms. The van der Waals surface area contributed by atoms with E-state index in [4.69, 9.17) is 22.1 Å². The Morgan fingerprint density at radius 1 is 1.56 bits per heavy atom. The van der Waals surface area contributed by atoms with Crippen LogP contribution in [0.1, 0.15) is 12.5 Å². The van der Waals surface area contributed by atoms with Crippen LogP contribution < -0.4 is 10.5 Å². The highest BCUT2D eigenvalue weighted by Crippen LogP contribution is 2.24. The molecular formula is C12H15BrClNO. The molecule has 0 aromatic heterocycles. The fraction of sp³-hybridized carbons (Fsp3) is 0.333. The summed E-state index contributed by atoms with van der Waals surface area (Å²) in [6.45, 7) is 3.04. The molecule has 0 atom stereocenters. The number of ether oxygens (including phenoxy) is 1. The van der Waals surface area contributed by atoms with Crippen LogP contribution in [0.4, 0.5) is 0 Å². The number of halogens is 2. The Bertz CT molecular complexity index is 379. The summed E-state index contributed by atoms with van der Waals surface area (Å²) in [7, 11) is 0. The molecule has 16 heavy (non-hydrogen) atoms. The number of hydrogen-bond donors (Lipinski definition) is 1. The Balaban J connectivity index is 2.77. The summed E-state index contributed by atoms with van der Waals surface area (Å²) >= 11 is 9.01. The van der Waals surface area contributed by atoms with E-state index in [0.717, 1.165) is 27.8 Å². The van der Waals surface area contributed by atoms with Crippen molar-refractivity contribution in [2.24, 2.45) is 5.73 Å². The van der Waals surface area contributed by atoms with E-state index >= 15 is 0 Å². The first-order valence-corrected chi connectivity index (χ1v) is 6.27. The van der Waals surface area contributed by atoms with Crippen LogP contribution in [0.3, 0.4) is 0 Å². The van der Waals surface area contributed by atoms with Crippen molar-refractivity contribution in [3.63, 3.8) is 0 Å². The molecule has 2 N–H and O–H groups in total. The molecule has 0 aliphatic carbocycles. The average molecular weight is 305 g/mol. The van der Waals surface area contributed by atoms with Gasteiger partial charge < -0.3 is 10.5 Å². The monoisotopic (exact) mass is 303 g/mol. The van der Waals surface area contributed by atoms with Crippen LogP contribution in [0.25, 0.3) is 0 Å². The molecule has 2 nitrogen and oxygen atoms in total. The van der Waals surface area contributed by atoms with Gasteiger partial charge in [-0.1, -0.05) is 27.5 Å². The van der Waals surface area contributed by atoms with Crippen LogP contribution in [0, 0.1) is 0 Å². The zero-order valence-corrected chi connectivity index (χ0v) is 11.5. The van der Waals surface area contributed by atoms with Gasteiger partial charge in [0.1, 0.15) is 12.4 Å². The van der Waals surface area contributed by atoms with Gasteiger partial charge in [-0.25, -0.2) is 0 Å². The lowest BCUT2D eigenvalue weighted by Crippen LogP contribution is -2.06. The molecule has 0 heterocycles. The predicted octanol–water partition coefficient (Wildman–Crippen LogP) is 3.47. The Labute approximate surface area is 110 Å². The molecule has 0 fully saturated rings. The highest BCUT2D eigenvalue weighted by atomic mass is 79.9. The zero-order chi connectivity index (χ0) is 12.0. The predicted molar refractivity (Wildman–Crippen MR) is 72.0 cm³/mol. The third kappa shape index (κ3) is 4.16. The first kappa shape index (κ1) is 13.6. The van der Waals surface area contributed by atoms with Crippen molar-refractivity contribution in [3.8, 4) is 5.75 Å². The highest BCUT2D eigenvalue weighted by molar-refractivity contribution is 9.10. The molecule has 0 radical (unpaired) electrons. The Morgan fingerprint density at radius 2 is 2.31 bits per heavy atom. The zero-order valence-electron chi connectivity index (χ0n) is 9.17. The SMILES string of the molecule is C/C(=C/Cl)COc1ccc(Br)cc1CCN. The van der Waals surface area contributed by atoms with Crippen LogP contribution in [0.2, 0.25) is 0 Å². The Morgan fingerprint density at radius 3 is 2.94 bits per heavy atom. The molecule has 4 heteroatoms. The molecule has 0 unspecified atom stereocenters. The summed E-state index contributed by atoms with van der Waals surface area (Å²) in [5, 5.41) is 0. The largest absolute Gasteiger partial charge is 0.489 e. The number of benzene rings is 1. The van der Waals surface area contributed by atoms with Gasteiger partial charge in [-0.3, -0.25) is 0 Å². The second-order valence-corrected chi connectivity index (χ2v) is 4.67. The number of rotatable bonds is 5. The van der Waals surface area contributed by atoms with E-state index in [1.807, 2.05) is 25.1 Å². The molecule has 0 saturated carbocycles. The minimum absolute atomic E-state index is 0.503. The lowest BCUT2D eigenvalue weighted by atomic mass is 10.1. The van der Waals surface area contributed by atoms with Gasteiger partial charge in [0, 0.05) is 10.0 Å². The molecular weight excluding hydrogens is 289 g/mol. The van der Waals surface area contributed by atoms with Gasteiger partial charge >= 0.3 is 0 Å². The van der Waals surface area contributed by atoms with Crippen LogP contribution in [-0.2, 0) is 6.42 Å². The third-order valence-electron chi connectivity index (χ3n) is 2.08. The molecule has 0 spiro atoms. The van der Waals surface area contributed by atoms with Gasteiger partial charge in [-0.05, 0) is 49.2 Å². The van der Waals surface area contributed by atoms with E-state index in [0.29, 0.717) is 13.2 Å². The third-order valence-corrected chi connectivity index (χ3v) is 2.94. The lowest BCUT2D eigenvalue weighted by molar-refractivity contribution is 0.348. The van der Waals surface area contributed by atoms with Crippen molar-refractivity contribution >= 4 is 27.5 Å². The topological polar surface area (TPSA) is 35.2 Å². The first-order valence-electron chi connectivity index (χ1n) is 5.04. The molecule has 0 aliphatic heterocycles. The Hall–Kier alpha value is -0.510. The maximum atomic E-state index is 5.67. The summed E-state index contributed by atoms with van der Waals surface area (Å²) in [5.41, 5.74) is 9.19. The molecule has 1 aromatic rings. The first-order chi connectivity index (χ1) is 7.67. The molecule has 1 aromatic carbocycles. The number of hydrogen-bond acceptors (Lipinski definition) is 2.